The molecule has 156 valence electrons. The Labute approximate surface area is 179 Å². The van der Waals surface area contributed by atoms with Gasteiger partial charge in [-0.2, -0.15) is 11.3 Å². The largest absolute Gasteiger partial charge is 0.493 e. The molecule has 2 amide bonds. The highest BCUT2D eigenvalue weighted by Gasteiger charge is 2.13. The molecule has 6 nitrogen and oxygen atoms in total. The van der Waals surface area contributed by atoms with Crippen LogP contribution in [0.3, 0.4) is 0 Å². The monoisotopic (exact) mass is 424 g/mol. The first-order valence-electron chi connectivity index (χ1n) is 9.50. The van der Waals surface area contributed by atoms with Crippen LogP contribution in [0.5, 0.6) is 11.5 Å². The molecule has 0 bridgehead atoms. The van der Waals surface area contributed by atoms with Gasteiger partial charge in [-0.25, -0.2) is 0 Å². The van der Waals surface area contributed by atoms with Crippen molar-refractivity contribution >= 4 is 28.8 Å². The van der Waals surface area contributed by atoms with Gasteiger partial charge < -0.3 is 20.1 Å². The van der Waals surface area contributed by atoms with E-state index in [1.54, 1.807) is 29.5 Å². The molecule has 2 aromatic carbocycles. The van der Waals surface area contributed by atoms with Crippen LogP contribution >= 0.6 is 11.3 Å². The zero-order valence-electron chi connectivity index (χ0n) is 17.1. The highest BCUT2D eigenvalue weighted by Crippen LogP contribution is 2.29. The Bertz CT molecular complexity index is 1020. The van der Waals surface area contributed by atoms with Gasteiger partial charge in [0.15, 0.2) is 18.1 Å². The Morgan fingerprint density at radius 2 is 1.87 bits per heavy atom. The lowest BCUT2D eigenvalue weighted by Crippen LogP contribution is -2.34. The number of ether oxygens (including phenoxy) is 2. The fourth-order valence-electron chi connectivity index (χ4n) is 2.84. The number of benzene rings is 2. The van der Waals surface area contributed by atoms with Gasteiger partial charge in [0.2, 0.25) is 0 Å². The molecule has 0 atom stereocenters. The van der Waals surface area contributed by atoms with E-state index in [1.807, 2.05) is 49.6 Å². The van der Waals surface area contributed by atoms with E-state index in [0.717, 1.165) is 11.1 Å². The van der Waals surface area contributed by atoms with Gasteiger partial charge >= 0.3 is 0 Å². The molecule has 0 unspecified atom stereocenters. The van der Waals surface area contributed by atoms with Crippen LogP contribution in [0.4, 0.5) is 5.69 Å². The number of thiophene rings is 1. The maximum atomic E-state index is 12.7. The van der Waals surface area contributed by atoms with Gasteiger partial charge in [0, 0.05) is 17.3 Å². The highest BCUT2D eigenvalue weighted by molar-refractivity contribution is 7.08. The summed E-state index contributed by atoms with van der Waals surface area (Å²) in [4.78, 5) is 24.5. The average Bonchev–Trinajstić information content (AvgIpc) is 3.27. The second kappa shape index (κ2) is 9.93. The molecular formula is C23H24N2O4S. The van der Waals surface area contributed by atoms with E-state index >= 15 is 0 Å². The lowest BCUT2D eigenvalue weighted by molar-refractivity contribution is -0.123. The van der Waals surface area contributed by atoms with E-state index in [2.05, 4.69) is 16.0 Å². The van der Waals surface area contributed by atoms with E-state index in [9.17, 15) is 9.59 Å². The van der Waals surface area contributed by atoms with Crippen molar-refractivity contribution in [1.82, 2.24) is 5.32 Å². The van der Waals surface area contributed by atoms with Crippen LogP contribution in [0.25, 0.3) is 11.1 Å². The smallest absolute Gasteiger partial charge is 0.258 e. The van der Waals surface area contributed by atoms with Crippen molar-refractivity contribution in [1.29, 1.82) is 0 Å². The fourth-order valence-corrected chi connectivity index (χ4v) is 3.51. The predicted octanol–water partition coefficient (Wildman–Crippen LogP) is 4.58. The molecule has 0 aliphatic heterocycles. The summed E-state index contributed by atoms with van der Waals surface area (Å²) in [6.45, 7) is 3.62. The highest BCUT2D eigenvalue weighted by atomic mass is 32.1. The molecule has 3 aromatic rings. The van der Waals surface area contributed by atoms with Gasteiger partial charge in [-0.3, -0.25) is 9.59 Å². The number of carbonyl (C=O) groups is 2. The number of amides is 2. The molecule has 2 N–H and O–H groups in total. The molecule has 1 heterocycles. The molecule has 0 spiro atoms. The minimum atomic E-state index is -0.264. The summed E-state index contributed by atoms with van der Waals surface area (Å²) in [6, 6.07) is 14.6. The van der Waals surface area contributed by atoms with Crippen molar-refractivity contribution in [2.24, 2.45) is 0 Å². The normalized spacial score (nSPS) is 10.5. The second-order valence-corrected chi connectivity index (χ2v) is 7.70. The number of methoxy groups -OCH3 is 1. The van der Waals surface area contributed by atoms with Gasteiger partial charge in [-0.05, 0) is 72.1 Å². The van der Waals surface area contributed by atoms with Gasteiger partial charge in [-0.15, -0.1) is 0 Å². The van der Waals surface area contributed by atoms with Crippen molar-refractivity contribution in [2.45, 2.75) is 19.9 Å². The third-order valence-electron chi connectivity index (χ3n) is 4.21. The first-order chi connectivity index (χ1) is 14.5. The third-order valence-corrected chi connectivity index (χ3v) is 4.89. The maximum Gasteiger partial charge on any atom is 0.258 e. The number of hydrogen-bond acceptors (Lipinski definition) is 5. The molecule has 0 radical (unpaired) electrons. The Kier molecular flexibility index (Phi) is 7.08. The zero-order chi connectivity index (χ0) is 21.5. The zero-order valence-corrected chi connectivity index (χ0v) is 17.9. The molecule has 7 heteroatoms. The summed E-state index contributed by atoms with van der Waals surface area (Å²) in [7, 11) is 1.49. The van der Waals surface area contributed by atoms with Crippen molar-refractivity contribution in [3.05, 3.63) is 64.9 Å². The first-order valence-corrected chi connectivity index (χ1v) is 10.4. The minimum Gasteiger partial charge on any atom is -0.493 e. The number of hydrogen-bond donors (Lipinski definition) is 2. The molecule has 30 heavy (non-hydrogen) atoms. The topological polar surface area (TPSA) is 76.7 Å². The third kappa shape index (κ3) is 5.61. The van der Waals surface area contributed by atoms with Crippen LogP contribution in [0, 0.1) is 0 Å². The van der Waals surface area contributed by atoms with Crippen LogP contribution in [0.15, 0.2) is 59.3 Å². The Morgan fingerprint density at radius 3 is 2.57 bits per heavy atom. The lowest BCUT2D eigenvalue weighted by Gasteiger charge is -2.13. The van der Waals surface area contributed by atoms with E-state index < -0.39 is 0 Å². The van der Waals surface area contributed by atoms with Crippen molar-refractivity contribution in [3.63, 3.8) is 0 Å². The van der Waals surface area contributed by atoms with Crippen molar-refractivity contribution < 1.29 is 19.1 Å². The van der Waals surface area contributed by atoms with Crippen LogP contribution in [-0.4, -0.2) is 31.6 Å². The summed E-state index contributed by atoms with van der Waals surface area (Å²) in [5.41, 5.74) is 3.27. The molecule has 0 saturated heterocycles. The number of carbonyl (C=O) groups excluding carboxylic acids is 2. The second-order valence-electron chi connectivity index (χ2n) is 6.92. The maximum absolute atomic E-state index is 12.7. The van der Waals surface area contributed by atoms with Gasteiger partial charge in [0.05, 0.1) is 7.11 Å². The van der Waals surface area contributed by atoms with Crippen LogP contribution in [0.1, 0.15) is 24.2 Å². The van der Waals surface area contributed by atoms with Crippen LogP contribution in [-0.2, 0) is 4.79 Å². The fraction of sp³-hybridized carbons (Fsp3) is 0.217. The quantitative estimate of drug-likeness (QED) is 0.555. The molecule has 3 rings (SSSR count). The van der Waals surface area contributed by atoms with Crippen LogP contribution in [0.2, 0.25) is 0 Å². The summed E-state index contributed by atoms with van der Waals surface area (Å²) in [5.74, 6) is 0.290. The lowest BCUT2D eigenvalue weighted by atomic mass is 10.1. The van der Waals surface area contributed by atoms with Gasteiger partial charge in [-0.1, -0.05) is 12.1 Å². The predicted molar refractivity (Wildman–Crippen MR) is 119 cm³/mol. The number of anilines is 1. The molecule has 0 saturated carbocycles. The Balaban J connectivity index is 1.69. The molecular weight excluding hydrogens is 400 g/mol. The SMILES string of the molecule is COc1cc(C(=O)Nc2cccc(-c3ccsc3)c2)ccc1OCC(=O)NC(C)C. The summed E-state index contributed by atoms with van der Waals surface area (Å²) >= 11 is 1.63. The van der Waals surface area contributed by atoms with Gasteiger partial charge in [0.1, 0.15) is 0 Å². The van der Waals surface area contributed by atoms with Crippen molar-refractivity contribution in [2.75, 3.05) is 19.0 Å². The summed E-state index contributed by atoms with van der Waals surface area (Å²) in [6.07, 6.45) is 0. The molecule has 0 aliphatic rings. The summed E-state index contributed by atoms with van der Waals surface area (Å²) in [5, 5.41) is 9.74. The average molecular weight is 425 g/mol. The van der Waals surface area contributed by atoms with E-state index in [0.29, 0.717) is 22.7 Å². The number of nitrogens with one attached hydrogen (secondary N) is 2. The molecule has 1 aromatic heterocycles. The Morgan fingerprint density at radius 1 is 1.03 bits per heavy atom. The van der Waals surface area contributed by atoms with Gasteiger partial charge in [0.25, 0.3) is 11.8 Å². The summed E-state index contributed by atoms with van der Waals surface area (Å²) < 4.78 is 10.9. The first kappa shape index (κ1) is 21.4. The van der Waals surface area contributed by atoms with Crippen molar-refractivity contribution in [3.8, 4) is 22.6 Å². The van der Waals surface area contributed by atoms with E-state index in [1.165, 1.54) is 7.11 Å². The Hall–Kier alpha value is -3.32. The molecule has 0 aliphatic carbocycles. The van der Waals surface area contributed by atoms with E-state index in [-0.39, 0.29) is 24.5 Å². The standard InChI is InChI=1S/C23H24N2O4S/c1-15(2)24-22(26)13-29-20-8-7-17(12-21(20)28-3)23(27)25-19-6-4-5-16(11-19)18-9-10-30-14-18/h4-12,14-15H,13H2,1-3H3,(H,24,26)(H,25,27). The molecule has 0 fully saturated rings. The van der Waals surface area contributed by atoms with E-state index in [4.69, 9.17) is 9.47 Å². The minimum absolute atomic E-state index is 0.0345. The van der Waals surface area contributed by atoms with Crippen LogP contribution < -0.4 is 20.1 Å². The number of rotatable bonds is 8.